The predicted molar refractivity (Wildman–Crippen MR) is 115 cm³/mol. The number of carbonyl (C=O) groups excluding carboxylic acids is 3. The molecule has 8 heteroatoms. The molecule has 0 spiro atoms. The molecule has 0 aliphatic carbocycles. The van der Waals surface area contributed by atoms with Gasteiger partial charge in [0.05, 0.1) is 16.8 Å². The Morgan fingerprint density at radius 1 is 1.20 bits per heavy atom. The van der Waals surface area contributed by atoms with Crippen LogP contribution in [0.5, 0.6) is 11.5 Å². The monoisotopic (exact) mass is 470 g/mol. The number of nitrogens with one attached hydrogen (secondary N) is 1. The summed E-state index contributed by atoms with van der Waals surface area (Å²) in [6.07, 6.45) is 1.37. The minimum atomic E-state index is -0.663. The number of hydrogen-bond donors (Lipinski definition) is 1. The van der Waals surface area contributed by atoms with Crippen LogP contribution in [-0.4, -0.2) is 24.3 Å². The van der Waals surface area contributed by atoms with Gasteiger partial charge < -0.3 is 14.8 Å². The first-order valence-corrected chi connectivity index (χ1v) is 9.74. The highest BCUT2D eigenvalue weighted by Crippen LogP contribution is 2.37. The van der Waals surface area contributed by atoms with Gasteiger partial charge in [0.1, 0.15) is 11.6 Å². The highest BCUT2D eigenvalue weighted by molar-refractivity contribution is 9.10. The Morgan fingerprint density at radius 3 is 2.50 bits per heavy atom. The van der Waals surface area contributed by atoms with Gasteiger partial charge in [0.15, 0.2) is 17.3 Å². The van der Waals surface area contributed by atoms with Crippen LogP contribution in [0.4, 0.5) is 5.69 Å². The molecule has 0 radical (unpaired) electrons. The molecule has 0 unspecified atom stereocenters. The number of carbonyl (C=O) groups is 3. The average molecular weight is 471 g/mol. The first-order chi connectivity index (χ1) is 14.3. The fourth-order valence-corrected chi connectivity index (χ4v) is 3.12. The zero-order valence-corrected chi connectivity index (χ0v) is 18.2. The molecular weight excluding hydrogens is 452 g/mol. The number of halogens is 1. The molecule has 0 atom stereocenters. The van der Waals surface area contributed by atoms with Crippen molar-refractivity contribution in [3.8, 4) is 17.6 Å². The van der Waals surface area contributed by atoms with Crippen molar-refractivity contribution in [1.82, 2.24) is 0 Å². The van der Waals surface area contributed by atoms with Gasteiger partial charge in [-0.25, -0.2) is 0 Å². The van der Waals surface area contributed by atoms with Crippen LogP contribution in [0, 0.1) is 11.3 Å². The third kappa shape index (κ3) is 5.78. The summed E-state index contributed by atoms with van der Waals surface area (Å²) in [5.41, 5.74) is 0.962. The van der Waals surface area contributed by atoms with E-state index in [-0.39, 0.29) is 22.9 Å². The Morgan fingerprint density at radius 2 is 1.90 bits per heavy atom. The molecule has 0 saturated carbocycles. The second-order valence-corrected chi connectivity index (χ2v) is 6.94. The third-order valence-corrected chi connectivity index (χ3v) is 4.40. The number of ether oxygens (including phenoxy) is 2. The van der Waals surface area contributed by atoms with Crippen LogP contribution < -0.4 is 14.8 Å². The topological polar surface area (TPSA) is 105 Å². The molecule has 0 heterocycles. The summed E-state index contributed by atoms with van der Waals surface area (Å²) in [6.45, 7) is 4.76. The molecule has 154 valence electrons. The van der Waals surface area contributed by atoms with E-state index in [0.717, 1.165) is 0 Å². The standard InChI is InChI=1S/C22H19BrN2O5/c1-4-29-20-11-15(10-18(23)21(20)30-14(3)27)9-16(12-24)22(28)25-19-8-6-5-7-17(19)13(2)26/h5-11H,4H2,1-3H3,(H,25,28)/b16-9-. The Balaban J connectivity index is 2.40. The average Bonchev–Trinajstić information content (AvgIpc) is 2.68. The predicted octanol–water partition coefficient (Wildman–Crippen LogP) is 4.52. The number of rotatable bonds is 7. The van der Waals surface area contributed by atoms with Crippen LogP contribution >= 0.6 is 15.9 Å². The van der Waals surface area contributed by atoms with Gasteiger partial charge in [-0.15, -0.1) is 0 Å². The van der Waals surface area contributed by atoms with Gasteiger partial charge >= 0.3 is 5.97 Å². The number of hydrogen-bond acceptors (Lipinski definition) is 6. The van der Waals surface area contributed by atoms with Crippen LogP contribution in [0.3, 0.4) is 0 Å². The Labute approximate surface area is 182 Å². The molecule has 7 nitrogen and oxygen atoms in total. The lowest BCUT2D eigenvalue weighted by atomic mass is 10.1. The van der Waals surface area contributed by atoms with Crippen molar-refractivity contribution in [2.75, 3.05) is 11.9 Å². The minimum absolute atomic E-state index is 0.178. The van der Waals surface area contributed by atoms with Crippen molar-refractivity contribution in [2.45, 2.75) is 20.8 Å². The number of amides is 1. The molecule has 0 aliphatic heterocycles. The summed E-state index contributed by atoms with van der Waals surface area (Å²) < 4.78 is 11.1. The number of nitriles is 1. The molecule has 2 aromatic carbocycles. The van der Waals surface area contributed by atoms with E-state index in [1.165, 1.54) is 19.9 Å². The van der Waals surface area contributed by atoms with Gasteiger partial charge in [-0.1, -0.05) is 12.1 Å². The molecule has 30 heavy (non-hydrogen) atoms. The van der Waals surface area contributed by atoms with E-state index < -0.39 is 11.9 Å². The lowest BCUT2D eigenvalue weighted by Crippen LogP contribution is -2.15. The van der Waals surface area contributed by atoms with E-state index >= 15 is 0 Å². The minimum Gasteiger partial charge on any atom is -0.490 e. The smallest absolute Gasteiger partial charge is 0.308 e. The highest BCUT2D eigenvalue weighted by atomic mass is 79.9. The van der Waals surface area contributed by atoms with E-state index in [0.29, 0.717) is 27.9 Å². The fourth-order valence-electron chi connectivity index (χ4n) is 2.58. The summed E-state index contributed by atoms with van der Waals surface area (Å²) in [6, 6.07) is 11.5. The van der Waals surface area contributed by atoms with Gasteiger partial charge in [-0.2, -0.15) is 5.26 Å². The largest absolute Gasteiger partial charge is 0.490 e. The molecule has 2 aromatic rings. The Bertz CT molecular complexity index is 1070. The maximum absolute atomic E-state index is 12.6. The van der Waals surface area contributed by atoms with E-state index in [9.17, 15) is 19.6 Å². The number of ketones is 1. The van der Waals surface area contributed by atoms with Gasteiger partial charge in [0.2, 0.25) is 0 Å². The fraction of sp³-hybridized carbons (Fsp3) is 0.182. The van der Waals surface area contributed by atoms with Gasteiger partial charge in [0, 0.05) is 12.5 Å². The first kappa shape index (κ1) is 22.8. The second kappa shape index (κ2) is 10.4. The van der Waals surface area contributed by atoms with Crippen LogP contribution in [0.1, 0.15) is 36.7 Å². The van der Waals surface area contributed by atoms with Gasteiger partial charge in [-0.05, 0) is 65.7 Å². The number of para-hydroxylation sites is 1. The second-order valence-electron chi connectivity index (χ2n) is 6.08. The van der Waals surface area contributed by atoms with Crippen molar-refractivity contribution >= 4 is 45.4 Å². The Hall–Kier alpha value is -3.44. The number of benzene rings is 2. The zero-order chi connectivity index (χ0) is 22.3. The molecule has 0 aliphatic rings. The van der Waals surface area contributed by atoms with Crippen molar-refractivity contribution < 1.29 is 23.9 Å². The third-order valence-electron chi connectivity index (χ3n) is 3.81. The number of nitrogens with zero attached hydrogens (tertiary/aromatic N) is 1. The van der Waals surface area contributed by atoms with E-state index in [1.54, 1.807) is 43.3 Å². The Kier molecular flexibility index (Phi) is 7.90. The number of Topliss-reactive ketones (excluding diaryl/α,β-unsaturated/α-hetero) is 1. The van der Waals surface area contributed by atoms with Crippen molar-refractivity contribution in [1.29, 1.82) is 5.26 Å². The molecule has 1 amide bonds. The molecule has 1 N–H and O–H groups in total. The molecular formula is C22H19BrN2O5. The quantitative estimate of drug-likeness (QED) is 0.209. The lowest BCUT2D eigenvalue weighted by Gasteiger charge is -2.13. The molecule has 0 aromatic heterocycles. The van der Waals surface area contributed by atoms with Crippen molar-refractivity contribution in [3.05, 3.63) is 57.6 Å². The van der Waals surface area contributed by atoms with Crippen LogP contribution in [-0.2, 0) is 9.59 Å². The summed E-state index contributed by atoms with van der Waals surface area (Å²) in [7, 11) is 0. The lowest BCUT2D eigenvalue weighted by molar-refractivity contribution is -0.132. The van der Waals surface area contributed by atoms with Gasteiger partial charge in [-0.3, -0.25) is 14.4 Å². The summed E-state index contributed by atoms with van der Waals surface area (Å²) >= 11 is 3.32. The van der Waals surface area contributed by atoms with Crippen molar-refractivity contribution in [3.63, 3.8) is 0 Å². The van der Waals surface area contributed by atoms with Crippen LogP contribution in [0.2, 0.25) is 0 Å². The van der Waals surface area contributed by atoms with Gasteiger partial charge in [0.25, 0.3) is 5.91 Å². The molecule has 0 saturated heterocycles. The van der Waals surface area contributed by atoms with Crippen LogP contribution in [0.25, 0.3) is 6.08 Å². The van der Waals surface area contributed by atoms with E-state index in [2.05, 4.69) is 21.2 Å². The molecule has 2 rings (SSSR count). The summed E-state index contributed by atoms with van der Waals surface area (Å²) in [5.74, 6) is -0.891. The molecule has 0 bridgehead atoms. The zero-order valence-electron chi connectivity index (χ0n) is 16.6. The van der Waals surface area contributed by atoms with Crippen molar-refractivity contribution in [2.24, 2.45) is 0 Å². The summed E-state index contributed by atoms with van der Waals surface area (Å²) in [5, 5.41) is 12.1. The maximum Gasteiger partial charge on any atom is 0.308 e. The molecule has 0 fully saturated rings. The summed E-state index contributed by atoms with van der Waals surface area (Å²) in [4.78, 5) is 35.7. The first-order valence-electron chi connectivity index (χ1n) is 8.94. The highest BCUT2D eigenvalue weighted by Gasteiger charge is 2.17. The van der Waals surface area contributed by atoms with Crippen LogP contribution in [0.15, 0.2) is 46.4 Å². The SMILES string of the molecule is CCOc1cc(/C=C(/C#N)C(=O)Nc2ccccc2C(C)=O)cc(Br)c1OC(C)=O. The van der Waals surface area contributed by atoms with E-state index in [4.69, 9.17) is 9.47 Å². The number of anilines is 1. The maximum atomic E-state index is 12.6. The van der Waals surface area contributed by atoms with E-state index in [1.807, 2.05) is 6.07 Å². The number of esters is 1. The normalized spacial score (nSPS) is 10.7.